The van der Waals surface area contributed by atoms with E-state index in [0.29, 0.717) is 0 Å². The zero-order valence-corrected chi connectivity index (χ0v) is 20.7. The molecule has 0 aromatic carbocycles. The van der Waals surface area contributed by atoms with Crippen molar-refractivity contribution in [2.45, 2.75) is 167 Å². The number of rotatable bonds is 25. The van der Waals surface area contributed by atoms with Gasteiger partial charge < -0.3 is 0 Å². The van der Waals surface area contributed by atoms with E-state index in [2.05, 4.69) is 20.8 Å². The Morgan fingerprint density at radius 2 is 0.552 bits per heavy atom. The van der Waals surface area contributed by atoms with Crippen LogP contribution in [0.15, 0.2) is 0 Å². The van der Waals surface area contributed by atoms with Crippen molar-refractivity contribution in [1.82, 2.24) is 0 Å². The maximum atomic E-state index is 3.92. The first-order chi connectivity index (χ1) is 14.3. The highest BCUT2D eigenvalue weighted by Crippen LogP contribution is 2.19. The van der Waals surface area contributed by atoms with Gasteiger partial charge in [-0.2, -0.15) is 0 Å². The van der Waals surface area contributed by atoms with Crippen LogP contribution in [0, 0.1) is 19.8 Å². The molecule has 0 amide bonds. The van der Waals surface area contributed by atoms with Crippen molar-refractivity contribution in [1.29, 1.82) is 0 Å². The molecule has 0 N–H and O–H groups in total. The third kappa shape index (κ3) is 26.0. The van der Waals surface area contributed by atoms with E-state index in [1.165, 1.54) is 148 Å². The van der Waals surface area contributed by atoms with Crippen LogP contribution in [0.4, 0.5) is 0 Å². The van der Waals surface area contributed by atoms with E-state index in [0.717, 1.165) is 18.8 Å². The lowest BCUT2D eigenvalue weighted by atomic mass is 9.95. The van der Waals surface area contributed by atoms with Gasteiger partial charge in [-0.15, -0.1) is 0 Å². The third-order valence-electron chi connectivity index (χ3n) is 6.64. The van der Waals surface area contributed by atoms with Gasteiger partial charge in [0.25, 0.3) is 0 Å². The minimum absolute atomic E-state index is 0.958. The van der Waals surface area contributed by atoms with Crippen molar-refractivity contribution in [3.05, 3.63) is 13.8 Å². The van der Waals surface area contributed by atoms with Gasteiger partial charge in [0.2, 0.25) is 0 Å². The summed E-state index contributed by atoms with van der Waals surface area (Å²) < 4.78 is 0. The Morgan fingerprint density at radius 1 is 0.345 bits per heavy atom. The first-order valence-electron chi connectivity index (χ1n) is 13.9. The predicted molar refractivity (Wildman–Crippen MR) is 135 cm³/mol. The molecule has 0 rings (SSSR count). The van der Waals surface area contributed by atoms with E-state index in [1.54, 1.807) is 0 Å². The van der Waals surface area contributed by atoms with Crippen LogP contribution >= 0.6 is 0 Å². The van der Waals surface area contributed by atoms with Gasteiger partial charge in [-0.05, 0) is 5.92 Å². The van der Waals surface area contributed by atoms with Crippen LogP contribution in [0.25, 0.3) is 0 Å². The van der Waals surface area contributed by atoms with Crippen LogP contribution in [0.3, 0.4) is 0 Å². The van der Waals surface area contributed by atoms with Crippen LogP contribution in [0.1, 0.15) is 167 Å². The van der Waals surface area contributed by atoms with Crippen molar-refractivity contribution in [2.75, 3.05) is 0 Å². The molecule has 0 bridgehead atoms. The summed E-state index contributed by atoms with van der Waals surface area (Å²) >= 11 is 0. The molecule has 0 aliphatic rings. The molecule has 0 aliphatic carbocycles. The number of hydrogen-bond donors (Lipinski definition) is 0. The van der Waals surface area contributed by atoms with Crippen LogP contribution < -0.4 is 0 Å². The van der Waals surface area contributed by atoms with Gasteiger partial charge in [0, 0.05) is 0 Å². The Morgan fingerprint density at radius 3 is 0.793 bits per heavy atom. The molecule has 29 heavy (non-hydrogen) atoms. The summed E-state index contributed by atoms with van der Waals surface area (Å²) in [5.74, 6) is 0.958. The fourth-order valence-electron chi connectivity index (χ4n) is 4.49. The molecule has 0 fully saturated rings. The summed E-state index contributed by atoms with van der Waals surface area (Å²) in [6.45, 7) is 10.3. The Balaban J connectivity index is 3.11. The Hall–Kier alpha value is 0. The largest absolute Gasteiger partial charge is 0.0625 e. The predicted octanol–water partition coefficient (Wildman–Crippen LogP) is 11.0. The van der Waals surface area contributed by atoms with Gasteiger partial charge in [-0.1, -0.05) is 181 Å². The average Bonchev–Trinajstić information content (AvgIpc) is 2.72. The second-order valence-corrected chi connectivity index (χ2v) is 9.81. The Kier molecular flexibility index (Phi) is 26.0. The van der Waals surface area contributed by atoms with E-state index in [4.69, 9.17) is 0 Å². The third-order valence-corrected chi connectivity index (χ3v) is 6.64. The highest BCUT2D eigenvalue weighted by atomic mass is 14.1. The Labute approximate surface area is 187 Å². The fraction of sp³-hybridized carbons (Fsp3) is 0.931. The van der Waals surface area contributed by atoms with Crippen molar-refractivity contribution >= 4 is 0 Å². The second kappa shape index (κ2) is 26.0. The first-order valence-corrected chi connectivity index (χ1v) is 13.9. The standard InChI is InChI=1S/C29H58/c1-4-6-8-10-12-14-15-16-17-18-19-20-22-24-26-28-29(3)27-25-23-21-13-11-9-7-5-2/h29H,1-2,4-28H2,3H3. The summed E-state index contributed by atoms with van der Waals surface area (Å²) in [6, 6.07) is 0. The van der Waals surface area contributed by atoms with Gasteiger partial charge >= 0.3 is 0 Å². The molecule has 0 spiro atoms. The summed E-state index contributed by atoms with van der Waals surface area (Å²) in [7, 11) is 0. The second-order valence-electron chi connectivity index (χ2n) is 9.81. The zero-order chi connectivity index (χ0) is 21.3. The van der Waals surface area contributed by atoms with Crippen molar-refractivity contribution in [3.8, 4) is 0 Å². The van der Waals surface area contributed by atoms with Gasteiger partial charge in [0.1, 0.15) is 0 Å². The van der Waals surface area contributed by atoms with Crippen molar-refractivity contribution in [2.24, 2.45) is 5.92 Å². The number of unbranched alkanes of at least 4 members (excludes halogenated alkanes) is 21. The minimum Gasteiger partial charge on any atom is -0.0625 e. The van der Waals surface area contributed by atoms with Gasteiger partial charge in [-0.25, -0.2) is 0 Å². The van der Waals surface area contributed by atoms with Crippen molar-refractivity contribution in [3.63, 3.8) is 0 Å². The van der Waals surface area contributed by atoms with E-state index < -0.39 is 0 Å². The molecule has 174 valence electrons. The quantitative estimate of drug-likeness (QED) is 0.132. The SMILES string of the molecule is [CH2]CCCCCCCCCCCCCCCCC(C)CCCCCCCCC[CH2]. The molecule has 1 atom stereocenters. The summed E-state index contributed by atoms with van der Waals surface area (Å²) in [6.07, 6.45) is 35.6. The lowest BCUT2D eigenvalue weighted by Gasteiger charge is -2.11. The molecule has 0 heterocycles. The van der Waals surface area contributed by atoms with Crippen LogP contribution in [-0.4, -0.2) is 0 Å². The average molecular weight is 407 g/mol. The van der Waals surface area contributed by atoms with E-state index >= 15 is 0 Å². The lowest BCUT2D eigenvalue weighted by Crippen LogP contribution is -1.95. The highest BCUT2D eigenvalue weighted by molar-refractivity contribution is 4.56. The summed E-state index contributed by atoms with van der Waals surface area (Å²) in [5.41, 5.74) is 0. The molecule has 2 radical (unpaired) electrons. The van der Waals surface area contributed by atoms with E-state index in [-0.39, 0.29) is 0 Å². The minimum atomic E-state index is 0.958. The maximum Gasteiger partial charge on any atom is -0.0443 e. The molecule has 0 aromatic rings. The van der Waals surface area contributed by atoms with Gasteiger partial charge in [0.05, 0.1) is 0 Å². The molecule has 0 nitrogen and oxygen atoms in total. The van der Waals surface area contributed by atoms with E-state index in [9.17, 15) is 0 Å². The monoisotopic (exact) mass is 406 g/mol. The molecule has 0 heteroatoms. The zero-order valence-electron chi connectivity index (χ0n) is 20.7. The molecule has 0 saturated carbocycles. The molecule has 0 saturated heterocycles. The molecule has 1 unspecified atom stereocenters. The molecule has 0 aliphatic heterocycles. The van der Waals surface area contributed by atoms with Gasteiger partial charge in [0.15, 0.2) is 0 Å². The highest BCUT2D eigenvalue weighted by Gasteiger charge is 2.02. The molecular formula is C29H58. The fourth-order valence-corrected chi connectivity index (χ4v) is 4.49. The smallest absolute Gasteiger partial charge is 0.0443 e. The van der Waals surface area contributed by atoms with Crippen LogP contribution in [-0.2, 0) is 0 Å². The van der Waals surface area contributed by atoms with Crippen molar-refractivity contribution < 1.29 is 0 Å². The van der Waals surface area contributed by atoms with E-state index in [1.807, 2.05) is 0 Å². The van der Waals surface area contributed by atoms with Gasteiger partial charge in [-0.3, -0.25) is 0 Å². The number of hydrogen-bond acceptors (Lipinski definition) is 0. The normalized spacial score (nSPS) is 12.5. The van der Waals surface area contributed by atoms with Crippen LogP contribution in [0.2, 0.25) is 0 Å². The molecular weight excluding hydrogens is 348 g/mol. The summed E-state index contributed by atoms with van der Waals surface area (Å²) in [5, 5.41) is 0. The maximum absolute atomic E-state index is 3.92. The topological polar surface area (TPSA) is 0 Å². The summed E-state index contributed by atoms with van der Waals surface area (Å²) in [4.78, 5) is 0. The first kappa shape index (κ1) is 29.0. The molecule has 0 aromatic heterocycles. The lowest BCUT2D eigenvalue weighted by molar-refractivity contribution is 0.430. The Bertz CT molecular complexity index is 269. The van der Waals surface area contributed by atoms with Crippen LogP contribution in [0.5, 0.6) is 0 Å².